The van der Waals surface area contributed by atoms with Crippen molar-refractivity contribution in [1.82, 2.24) is 0 Å². The molecule has 0 fully saturated rings. The minimum Gasteiger partial charge on any atom is -0.491 e. The Morgan fingerprint density at radius 3 is 2.62 bits per heavy atom. The van der Waals surface area contributed by atoms with Crippen molar-refractivity contribution in [3.63, 3.8) is 0 Å². The van der Waals surface area contributed by atoms with Gasteiger partial charge >= 0.3 is 0 Å². The van der Waals surface area contributed by atoms with Gasteiger partial charge in [-0.3, -0.25) is 0 Å². The van der Waals surface area contributed by atoms with E-state index in [0.717, 1.165) is 0 Å². The predicted octanol–water partition coefficient (Wildman–Crippen LogP) is 3.06. The lowest BCUT2D eigenvalue weighted by molar-refractivity contribution is -0.108. The number of ether oxygens (including phenoxy) is 1. The third kappa shape index (κ3) is 2.56. The first-order chi connectivity index (χ1) is 7.61. The molecule has 1 rings (SSSR count). The second kappa shape index (κ2) is 5.58. The van der Waals surface area contributed by atoms with Gasteiger partial charge in [0, 0.05) is 6.42 Å². The van der Waals surface area contributed by atoms with Crippen molar-refractivity contribution < 1.29 is 18.3 Å². The highest BCUT2D eigenvalue weighted by atomic mass is 19.2. The van der Waals surface area contributed by atoms with Crippen LogP contribution in [0.4, 0.5) is 8.78 Å². The molecule has 0 amide bonds. The van der Waals surface area contributed by atoms with E-state index in [1.807, 2.05) is 0 Å². The van der Waals surface area contributed by atoms with E-state index in [2.05, 4.69) is 0 Å². The molecule has 2 nitrogen and oxygen atoms in total. The number of carbonyl (C=O) groups is 1. The highest BCUT2D eigenvalue weighted by molar-refractivity contribution is 5.51. The normalized spacial score (nSPS) is 12.2. The standard InChI is InChI=1S/C12H14F2O2/c1-3-16-10-5-4-9(8(2)6-7-15)11(13)12(10)14/h4-5,7-8H,3,6H2,1-2H3. The number of carbonyl (C=O) groups excluding carboxylic acids is 1. The molecule has 0 saturated heterocycles. The topological polar surface area (TPSA) is 26.3 Å². The van der Waals surface area contributed by atoms with Crippen LogP contribution in [0.15, 0.2) is 12.1 Å². The van der Waals surface area contributed by atoms with E-state index in [4.69, 9.17) is 4.74 Å². The van der Waals surface area contributed by atoms with Crippen molar-refractivity contribution in [2.45, 2.75) is 26.2 Å². The Labute approximate surface area is 93.2 Å². The van der Waals surface area contributed by atoms with Gasteiger partial charge in [0.05, 0.1) is 6.61 Å². The third-order valence-electron chi connectivity index (χ3n) is 2.36. The number of halogens is 2. The fraction of sp³-hybridized carbons (Fsp3) is 0.417. The van der Waals surface area contributed by atoms with Gasteiger partial charge in [-0.15, -0.1) is 0 Å². The Morgan fingerprint density at radius 2 is 2.06 bits per heavy atom. The summed E-state index contributed by atoms with van der Waals surface area (Å²) in [4.78, 5) is 10.3. The molecule has 1 atom stereocenters. The zero-order valence-electron chi connectivity index (χ0n) is 9.30. The van der Waals surface area contributed by atoms with Gasteiger partial charge in [-0.1, -0.05) is 13.0 Å². The fourth-order valence-corrected chi connectivity index (χ4v) is 1.47. The second-order valence-electron chi connectivity index (χ2n) is 3.52. The van der Waals surface area contributed by atoms with Crippen molar-refractivity contribution in [2.75, 3.05) is 6.61 Å². The van der Waals surface area contributed by atoms with Crippen LogP contribution in [0, 0.1) is 11.6 Å². The number of hydrogen-bond acceptors (Lipinski definition) is 2. The summed E-state index contributed by atoms with van der Waals surface area (Å²) in [6, 6.07) is 2.84. The molecule has 88 valence electrons. The summed E-state index contributed by atoms with van der Waals surface area (Å²) in [5, 5.41) is 0. The molecular formula is C12H14F2O2. The Kier molecular flexibility index (Phi) is 4.40. The van der Waals surface area contributed by atoms with Crippen molar-refractivity contribution in [3.8, 4) is 5.75 Å². The van der Waals surface area contributed by atoms with Gasteiger partial charge in [0.25, 0.3) is 0 Å². The smallest absolute Gasteiger partial charge is 0.200 e. The predicted molar refractivity (Wildman–Crippen MR) is 56.6 cm³/mol. The number of aldehydes is 1. The monoisotopic (exact) mass is 228 g/mol. The molecule has 0 spiro atoms. The van der Waals surface area contributed by atoms with Gasteiger partial charge in [0.15, 0.2) is 11.6 Å². The molecule has 0 bridgehead atoms. The van der Waals surface area contributed by atoms with Crippen LogP contribution in [-0.2, 0) is 4.79 Å². The van der Waals surface area contributed by atoms with Crippen LogP contribution in [0.3, 0.4) is 0 Å². The summed E-state index contributed by atoms with van der Waals surface area (Å²) in [6.45, 7) is 3.65. The second-order valence-corrected chi connectivity index (χ2v) is 3.52. The molecule has 0 aliphatic rings. The third-order valence-corrected chi connectivity index (χ3v) is 2.36. The highest BCUT2D eigenvalue weighted by Crippen LogP contribution is 2.28. The first-order valence-corrected chi connectivity index (χ1v) is 5.16. The maximum atomic E-state index is 13.6. The molecule has 4 heteroatoms. The Morgan fingerprint density at radius 1 is 1.38 bits per heavy atom. The maximum Gasteiger partial charge on any atom is 0.200 e. The van der Waals surface area contributed by atoms with Crippen LogP contribution in [-0.4, -0.2) is 12.9 Å². The Hall–Kier alpha value is -1.45. The van der Waals surface area contributed by atoms with Crippen LogP contribution in [0.25, 0.3) is 0 Å². The average Bonchev–Trinajstić information content (AvgIpc) is 2.25. The van der Waals surface area contributed by atoms with Gasteiger partial charge in [-0.25, -0.2) is 4.39 Å². The summed E-state index contributed by atoms with van der Waals surface area (Å²) < 4.78 is 32.0. The largest absolute Gasteiger partial charge is 0.491 e. The van der Waals surface area contributed by atoms with E-state index in [1.54, 1.807) is 13.8 Å². The molecule has 0 aliphatic carbocycles. The van der Waals surface area contributed by atoms with Crippen LogP contribution in [0.2, 0.25) is 0 Å². The van der Waals surface area contributed by atoms with E-state index < -0.39 is 11.6 Å². The first kappa shape index (κ1) is 12.6. The van der Waals surface area contributed by atoms with E-state index in [9.17, 15) is 13.6 Å². The summed E-state index contributed by atoms with van der Waals surface area (Å²) in [5.41, 5.74) is 0.202. The number of hydrogen-bond donors (Lipinski definition) is 0. The molecule has 0 heterocycles. The fourth-order valence-electron chi connectivity index (χ4n) is 1.47. The maximum absolute atomic E-state index is 13.6. The molecule has 1 unspecified atom stereocenters. The minimum atomic E-state index is -0.989. The lowest BCUT2D eigenvalue weighted by atomic mass is 9.97. The lowest BCUT2D eigenvalue weighted by Crippen LogP contribution is -2.03. The van der Waals surface area contributed by atoms with Gasteiger partial charge in [0.1, 0.15) is 6.29 Å². The van der Waals surface area contributed by atoms with Gasteiger partial charge in [0.2, 0.25) is 5.82 Å². The summed E-state index contributed by atoms with van der Waals surface area (Å²) in [6.07, 6.45) is 0.864. The van der Waals surface area contributed by atoms with Gasteiger partial charge in [-0.2, -0.15) is 4.39 Å². The van der Waals surface area contributed by atoms with Crippen molar-refractivity contribution in [2.24, 2.45) is 0 Å². The Bertz CT molecular complexity index is 378. The first-order valence-electron chi connectivity index (χ1n) is 5.16. The molecule has 0 aromatic heterocycles. The zero-order valence-corrected chi connectivity index (χ0v) is 9.30. The minimum absolute atomic E-state index is 0.0953. The molecule has 0 aliphatic heterocycles. The van der Waals surface area contributed by atoms with Crippen LogP contribution in [0.1, 0.15) is 31.7 Å². The molecular weight excluding hydrogens is 214 g/mol. The Balaban J connectivity index is 3.05. The van der Waals surface area contributed by atoms with Crippen LogP contribution >= 0.6 is 0 Å². The van der Waals surface area contributed by atoms with Crippen LogP contribution < -0.4 is 4.74 Å². The highest BCUT2D eigenvalue weighted by Gasteiger charge is 2.17. The molecule has 0 saturated carbocycles. The number of rotatable bonds is 5. The van der Waals surface area contributed by atoms with Crippen LogP contribution in [0.5, 0.6) is 5.75 Å². The number of benzene rings is 1. The van der Waals surface area contributed by atoms with Crippen molar-refractivity contribution in [1.29, 1.82) is 0 Å². The molecule has 16 heavy (non-hydrogen) atoms. The molecule has 0 radical (unpaired) electrons. The zero-order chi connectivity index (χ0) is 12.1. The van der Waals surface area contributed by atoms with E-state index in [0.29, 0.717) is 6.29 Å². The van der Waals surface area contributed by atoms with Gasteiger partial charge < -0.3 is 9.53 Å². The lowest BCUT2D eigenvalue weighted by Gasteiger charge is -2.12. The van der Waals surface area contributed by atoms with Gasteiger partial charge in [-0.05, 0) is 24.5 Å². The van der Waals surface area contributed by atoms with Crippen molar-refractivity contribution >= 4 is 6.29 Å². The molecule has 0 N–H and O–H groups in total. The summed E-state index contributed by atoms with van der Waals surface area (Å²) in [5.74, 6) is -2.35. The molecule has 1 aromatic carbocycles. The van der Waals surface area contributed by atoms with E-state index >= 15 is 0 Å². The quantitative estimate of drug-likeness (QED) is 0.724. The van der Waals surface area contributed by atoms with E-state index in [1.165, 1.54) is 12.1 Å². The summed E-state index contributed by atoms with van der Waals surface area (Å²) in [7, 11) is 0. The SMILES string of the molecule is CCOc1ccc(C(C)CC=O)c(F)c1F. The van der Waals surface area contributed by atoms with Crippen molar-refractivity contribution in [3.05, 3.63) is 29.3 Å². The average molecular weight is 228 g/mol. The molecule has 1 aromatic rings. The summed E-state index contributed by atoms with van der Waals surface area (Å²) >= 11 is 0. The van der Waals surface area contributed by atoms with E-state index in [-0.39, 0.29) is 30.3 Å².